The van der Waals surface area contributed by atoms with Gasteiger partial charge in [0.05, 0.1) is 12.1 Å². The molecule has 1 aromatic heterocycles. The standard InChI is InChI=1S/C13H16BrN3O2/c14-11-6-10(7-15-8-11)13(19)16-9-12(18)17-4-2-1-3-5-17/h6-8H,1-5,9H2,(H,16,19). The Hall–Kier alpha value is -1.43. The number of rotatable bonds is 3. The number of carbonyl (C=O) groups is 2. The minimum absolute atomic E-state index is 0.0176. The molecule has 1 N–H and O–H groups in total. The summed E-state index contributed by atoms with van der Waals surface area (Å²) in [6.45, 7) is 1.64. The second kappa shape index (κ2) is 6.65. The van der Waals surface area contributed by atoms with Crippen molar-refractivity contribution in [2.45, 2.75) is 19.3 Å². The number of likely N-dealkylation sites (tertiary alicyclic amines) is 1. The highest BCUT2D eigenvalue weighted by molar-refractivity contribution is 9.10. The average molecular weight is 326 g/mol. The maximum absolute atomic E-state index is 11.9. The van der Waals surface area contributed by atoms with Gasteiger partial charge in [-0.1, -0.05) is 0 Å². The number of nitrogens with one attached hydrogen (secondary N) is 1. The van der Waals surface area contributed by atoms with Gasteiger partial charge in [0.15, 0.2) is 0 Å². The average Bonchev–Trinajstić information content (AvgIpc) is 2.45. The van der Waals surface area contributed by atoms with E-state index >= 15 is 0 Å². The first-order valence-corrected chi connectivity index (χ1v) is 7.12. The van der Waals surface area contributed by atoms with Gasteiger partial charge in [-0.15, -0.1) is 0 Å². The van der Waals surface area contributed by atoms with Gasteiger partial charge < -0.3 is 10.2 Å². The number of pyridine rings is 1. The van der Waals surface area contributed by atoms with E-state index in [4.69, 9.17) is 0 Å². The number of halogens is 1. The van der Waals surface area contributed by atoms with Crippen molar-refractivity contribution in [2.75, 3.05) is 19.6 Å². The summed E-state index contributed by atoms with van der Waals surface area (Å²) in [4.78, 5) is 29.5. The van der Waals surface area contributed by atoms with Crippen molar-refractivity contribution in [3.8, 4) is 0 Å². The van der Waals surface area contributed by atoms with Crippen LogP contribution in [0.5, 0.6) is 0 Å². The van der Waals surface area contributed by atoms with Crippen LogP contribution in [0.1, 0.15) is 29.6 Å². The molecular formula is C13H16BrN3O2. The molecule has 1 fully saturated rings. The lowest BCUT2D eigenvalue weighted by atomic mass is 10.1. The fourth-order valence-corrected chi connectivity index (χ4v) is 2.41. The third-order valence-electron chi connectivity index (χ3n) is 3.08. The predicted molar refractivity (Wildman–Crippen MR) is 74.7 cm³/mol. The van der Waals surface area contributed by atoms with Crippen LogP contribution in [-0.4, -0.2) is 41.3 Å². The van der Waals surface area contributed by atoms with Gasteiger partial charge in [0, 0.05) is 30.0 Å². The predicted octanol–water partition coefficient (Wildman–Crippen LogP) is 1.59. The van der Waals surface area contributed by atoms with Crippen LogP contribution in [0.25, 0.3) is 0 Å². The van der Waals surface area contributed by atoms with Gasteiger partial charge in [-0.3, -0.25) is 14.6 Å². The van der Waals surface area contributed by atoms with Gasteiger partial charge in [-0.05, 0) is 41.3 Å². The van der Waals surface area contributed by atoms with E-state index in [0.717, 1.165) is 30.4 Å². The summed E-state index contributed by atoms with van der Waals surface area (Å²) in [5.41, 5.74) is 0.445. The number of amides is 2. The fraction of sp³-hybridized carbons (Fsp3) is 0.462. The Balaban J connectivity index is 1.84. The lowest BCUT2D eigenvalue weighted by molar-refractivity contribution is -0.130. The molecule has 2 rings (SSSR count). The lowest BCUT2D eigenvalue weighted by Crippen LogP contribution is -2.42. The van der Waals surface area contributed by atoms with Gasteiger partial charge >= 0.3 is 0 Å². The summed E-state index contributed by atoms with van der Waals surface area (Å²) in [5, 5.41) is 2.63. The van der Waals surface area contributed by atoms with Crippen molar-refractivity contribution in [3.63, 3.8) is 0 Å². The Bertz CT molecular complexity index is 473. The number of piperidine rings is 1. The minimum Gasteiger partial charge on any atom is -0.343 e. The zero-order chi connectivity index (χ0) is 13.7. The molecule has 0 unspecified atom stereocenters. The molecule has 0 radical (unpaired) electrons. The van der Waals surface area contributed by atoms with Gasteiger partial charge in [0.1, 0.15) is 0 Å². The maximum atomic E-state index is 11.9. The smallest absolute Gasteiger partial charge is 0.253 e. The highest BCUT2D eigenvalue weighted by Gasteiger charge is 2.17. The SMILES string of the molecule is O=C(NCC(=O)N1CCCCC1)c1cncc(Br)c1. The quantitative estimate of drug-likeness (QED) is 0.917. The summed E-state index contributed by atoms with van der Waals surface area (Å²) in [6, 6.07) is 1.67. The van der Waals surface area contributed by atoms with E-state index in [-0.39, 0.29) is 18.4 Å². The third-order valence-corrected chi connectivity index (χ3v) is 3.51. The second-order valence-corrected chi connectivity index (χ2v) is 5.43. The topological polar surface area (TPSA) is 62.3 Å². The number of hydrogen-bond acceptors (Lipinski definition) is 3. The normalized spacial score (nSPS) is 15.1. The Morgan fingerprint density at radius 1 is 1.26 bits per heavy atom. The Kier molecular flexibility index (Phi) is 4.90. The molecular weight excluding hydrogens is 310 g/mol. The summed E-state index contributed by atoms with van der Waals surface area (Å²) in [6.07, 6.45) is 6.37. The molecule has 1 aliphatic rings. The highest BCUT2D eigenvalue weighted by atomic mass is 79.9. The zero-order valence-corrected chi connectivity index (χ0v) is 12.1. The molecule has 102 valence electrons. The van der Waals surface area contributed by atoms with Crippen molar-refractivity contribution in [3.05, 3.63) is 28.5 Å². The van der Waals surface area contributed by atoms with Crippen LogP contribution in [-0.2, 0) is 4.79 Å². The van der Waals surface area contributed by atoms with E-state index < -0.39 is 0 Å². The summed E-state index contributed by atoms with van der Waals surface area (Å²) >= 11 is 3.26. The molecule has 0 bridgehead atoms. The summed E-state index contributed by atoms with van der Waals surface area (Å²) in [7, 11) is 0. The first kappa shape index (κ1) is 14.0. The van der Waals surface area contributed by atoms with Crippen molar-refractivity contribution in [1.82, 2.24) is 15.2 Å². The minimum atomic E-state index is -0.279. The van der Waals surface area contributed by atoms with Crippen LogP contribution in [0, 0.1) is 0 Å². The number of aromatic nitrogens is 1. The van der Waals surface area contributed by atoms with Gasteiger partial charge in [0.25, 0.3) is 5.91 Å². The van der Waals surface area contributed by atoms with Gasteiger partial charge in [-0.2, -0.15) is 0 Å². The van der Waals surface area contributed by atoms with E-state index in [1.54, 1.807) is 12.3 Å². The first-order chi connectivity index (χ1) is 9.16. The molecule has 1 aliphatic heterocycles. The molecule has 0 aromatic carbocycles. The van der Waals surface area contributed by atoms with Gasteiger partial charge in [0.2, 0.25) is 5.91 Å². The van der Waals surface area contributed by atoms with Crippen molar-refractivity contribution < 1.29 is 9.59 Å². The van der Waals surface area contributed by atoms with Crippen molar-refractivity contribution in [1.29, 1.82) is 0 Å². The maximum Gasteiger partial charge on any atom is 0.253 e. The Labute approximate surface area is 120 Å². The van der Waals surface area contributed by atoms with Gasteiger partial charge in [-0.25, -0.2) is 0 Å². The molecule has 2 amide bonds. The molecule has 0 aliphatic carbocycles. The molecule has 6 heteroatoms. The lowest BCUT2D eigenvalue weighted by Gasteiger charge is -2.26. The molecule has 0 atom stereocenters. The fourth-order valence-electron chi connectivity index (χ4n) is 2.05. The van der Waals surface area contributed by atoms with Crippen LogP contribution < -0.4 is 5.32 Å². The van der Waals surface area contributed by atoms with Crippen LogP contribution in [0.2, 0.25) is 0 Å². The highest BCUT2D eigenvalue weighted by Crippen LogP contribution is 2.10. The van der Waals surface area contributed by atoms with Crippen molar-refractivity contribution >= 4 is 27.7 Å². The van der Waals surface area contributed by atoms with E-state index in [1.807, 2.05) is 4.90 Å². The Morgan fingerprint density at radius 2 is 2.00 bits per heavy atom. The molecule has 0 saturated carbocycles. The zero-order valence-electron chi connectivity index (χ0n) is 10.6. The summed E-state index contributed by atoms with van der Waals surface area (Å²) in [5.74, 6) is -0.296. The molecule has 0 spiro atoms. The molecule has 2 heterocycles. The molecule has 1 saturated heterocycles. The third kappa shape index (κ3) is 4.02. The molecule has 1 aromatic rings. The summed E-state index contributed by atoms with van der Waals surface area (Å²) < 4.78 is 0.738. The van der Waals surface area contributed by atoms with Crippen LogP contribution >= 0.6 is 15.9 Å². The van der Waals surface area contributed by atoms with E-state index in [2.05, 4.69) is 26.2 Å². The second-order valence-electron chi connectivity index (χ2n) is 4.52. The molecule has 19 heavy (non-hydrogen) atoms. The largest absolute Gasteiger partial charge is 0.343 e. The number of hydrogen-bond donors (Lipinski definition) is 1. The van der Waals surface area contributed by atoms with E-state index in [9.17, 15) is 9.59 Å². The van der Waals surface area contributed by atoms with E-state index in [1.165, 1.54) is 12.6 Å². The first-order valence-electron chi connectivity index (χ1n) is 6.33. The Morgan fingerprint density at radius 3 is 2.68 bits per heavy atom. The number of nitrogens with zero attached hydrogens (tertiary/aromatic N) is 2. The van der Waals surface area contributed by atoms with Crippen LogP contribution in [0.4, 0.5) is 0 Å². The number of carbonyl (C=O) groups excluding carboxylic acids is 2. The molecule has 5 nitrogen and oxygen atoms in total. The van der Waals surface area contributed by atoms with Crippen LogP contribution in [0.3, 0.4) is 0 Å². The monoisotopic (exact) mass is 325 g/mol. The van der Waals surface area contributed by atoms with E-state index in [0.29, 0.717) is 5.56 Å². The van der Waals surface area contributed by atoms with Crippen LogP contribution in [0.15, 0.2) is 22.9 Å². The van der Waals surface area contributed by atoms with Crippen molar-refractivity contribution in [2.24, 2.45) is 0 Å².